The molecule has 2 fully saturated rings. The lowest BCUT2D eigenvalue weighted by atomic mass is 9.84. The number of allylic oxidation sites excluding steroid dienone is 1. The summed E-state index contributed by atoms with van der Waals surface area (Å²) in [5, 5.41) is 13.2. The molecule has 0 amide bonds. The first-order valence-corrected chi connectivity index (χ1v) is 15.8. The monoisotopic (exact) mass is 606 g/mol. The third-order valence-electron chi connectivity index (χ3n) is 10.1. The Hall–Kier alpha value is -3.51. The number of hydrogen-bond donors (Lipinski definition) is 1. The minimum Gasteiger partial charge on any atom is -0.360 e. The SMILES string of the molecule is C=CNC1=N[C@H](C)c2cccc(c2F)C(F)(F)C2CCN(CC2)C(C)CCCCN(C)C2=C1C=C(C1(C#N)CC1)C(=C)N2C. The van der Waals surface area contributed by atoms with Crippen LogP contribution in [0.2, 0.25) is 0 Å². The van der Waals surface area contributed by atoms with Crippen molar-refractivity contribution in [2.24, 2.45) is 16.3 Å². The summed E-state index contributed by atoms with van der Waals surface area (Å²) in [5.41, 5.74) is 1.28. The summed E-state index contributed by atoms with van der Waals surface area (Å²) >= 11 is 0. The minimum atomic E-state index is -3.29. The van der Waals surface area contributed by atoms with Crippen molar-refractivity contribution < 1.29 is 13.2 Å². The molecule has 0 spiro atoms. The van der Waals surface area contributed by atoms with Crippen LogP contribution < -0.4 is 5.32 Å². The van der Waals surface area contributed by atoms with Crippen molar-refractivity contribution in [1.82, 2.24) is 20.0 Å². The smallest absolute Gasteiger partial charge is 0.278 e. The van der Waals surface area contributed by atoms with Gasteiger partial charge in [0, 0.05) is 43.9 Å². The van der Waals surface area contributed by atoms with Crippen LogP contribution in [0.25, 0.3) is 0 Å². The number of amidine groups is 1. The van der Waals surface area contributed by atoms with Crippen LogP contribution in [0.3, 0.4) is 0 Å². The van der Waals surface area contributed by atoms with E-state index in [0.29, 0.717) is 31.8 Å². The quantitative estimate of drug-likeness (QED) is 0.385. The molecule has 1 N–H and O–H groups in total. The Bertz CT molecular complexity index is 1420. The van der Waals surface area contributed by atoms with E-state index in [0.717, 1.165) is 61.3 Å². The van der Waals surface area contributed by atoms with Crippen molar-refractivity contribution in [2.45, 2.75) is 76.8 Å². The average molecular weight is 607 g/mol. The fourth-order valence-corrected chi connectivity index (χ4v) is 7.07. The summed E-state index contributed by atoms with van der Waals surface area (Å²) in [5.74, 6) is -3.84. The standard InChI is InChI=1S/C35H45F3N6/c1-7-40-32-28-21-30(34(22-39)16-17-34)25(4)43(6)33(28)42(5)18-9-8-11-23(2)44-19-14-26(15-20-44)35(37,38)29-13-10-12-27(31(29)36)24(3)41-32/h7,10,12-13,21,23-24,26H,1,4,8-9,11,14-20H2,2-3,5-6H3,(H,40,41)/t23?,24-/m1/s1. The third-order valence-corrected chi connectivity index (χ3v) is 10.1. The molecule has 1 aliphatic carbocycles. The largest absolute Gasteiger partial charge is 0.360 e. The van der Waals surface area contributed by atoms with E-state index in [1.165, 1.54) is 24.4 Å². The van der Waals surface area contributed by atoms with E-state index in [9.17, 15) is 5.26 Å². The lowest BCUT2D eigenvalue weighted by molar-refractivity contribution is -0.0907. The van der Waals surface area contributed by atoms with Gasteiger partial charge in [-0.25, -0.2) is 13.2 Å². The van der Waals surface area contributed by atoms with Crippen molar-refractivity contribution in [3.63, 3.8) is 0 Å². The van der Waals surface area contributed by atoms with Crippen molar-refractivity contribution in [3.05, 3.63) is 83.2 Å². The fourth-order valence-electron chi connectivity index (χ4n) is 7.07. The molecule has 4 bridgehead atoms. The predicted molar refractivity (Wildman–Crippen MR) is 169 cm³/mol. The van der Waals surface area contributed by atoms with Gasteiger partial charge in [-0.15, -0.1) is 0 Å². The molecule has 1 saturated heterocycles. The molecular weight excluding hydrogens is 561 g/mol. The van der Waals surface area contributed by atoms with Gasteiger partial charge in [0.15, 0.2) is 0 Å². The number of likely N-dealkylation sites (N-methyl/N-ethyl adjacent to an activating group) is 1. The van der Waals surface area contributed by atoms with E-state index >= 15 is 13.2 Å². The summed E-state index contributed by atoms with van der Waals surface area (Å²) in [6.45, 7) is 14.1. The van der Waals surface area contributed by atoms with Crippen LogP contribution in [0.4, 0.5) is 13.2 Å². The Morgan fingerprint density at radius 1 is 1.09 bits per heavy atom. The van der Waals surface area contributed by atoms with E-state index in [-0.39, 0.29) is 11.6 Å². The minimum absolute atomic E-state index is 0.110. The van der Waals surface area contributed by atoms with Crippen LogP contribution in [0.5, 0.6) is 0 Å². The number of nitriles is 1. The number of hydrogen-bond acceptors (Lipinski definition) is 6. The van der Waals surface area contributed by atoms with Gasteiger partial charge in [-0.2, -0.15) is 5.26 Å². The first kappa shape index (κ1) is 31.9. The van der Waals surface area contributed by atoms with Gasteiger partial charge in [0.05, 0.1) is 28.7 Å². The zero-order valence-electron chi connectivity index (χ0n) is 26.5. The lowest BCUT2D eigenvalue weighted by Crippen LogP contribution is -2.43. The van der Waals surface area contributed by atoms with Crippen molar-refractivity contribution in [1.29, 1.82) is 5.26 Å². The predicted octanol–water partition coefficient (Wildman–Crippen LogP) is 7.23. The van der Waals surface area contributed by atoms with Crippen molar-refractivity contribution in [2.75, 3.05) is 33.7 Å². The first-order valence-electron chi connectivity index (χ1n) is 15.8. The van der Waals surface area contributed by atoms with Crippen LogP contribution >= 0.6 is 0 Å². The van der Waals surface area contributed by atoms with Crippen LogP contribution in [0.15, 0.2) is 71.3 Å². The zero-order chi connectivity index (χ0) is 31.8. The topological polar surface area (TPSA) is 57.9 Å². The summed E-state index contributed by atoms with van der Waals surface area (Å²) in [6.07, 6.45) is 8.55. The summed E-state index contributed by atoms with van der Waals surface area (Å²) in [7, 11) is 3.97. The Labute approximate surface area is 260 Å². The van der Waals surface area contributed by atoms with Crippen LogP contribution in [-0.4, -0.2) is 60.3 Å². The molecule has 1 aromatic rings. The number of aliphatic imine (C=N–C) groups is 1. The molecule has 5 aliphatic rings. The first-order chi connectivity index (χ1) is 20.9. The number of nitrogens with zero attached hydrogens (tertiary/aromatic N) is 5. The van der Waals surface area contributed by atoms with Gasteiger partial charge in [0.2, 0.25) is 0 Å². The van der Waals surface area contributed by atoms with E-state index < -0.39 is 34.7 Å². The highest BCUT2D eigenvalue weighted by Gasteiger charge is 2.50. The number of piperidine rings is 1. The maximum atomic E-state index is 16.1. The van der Waals surface area contributed by atoms with E-state index in [1.54, 1.807) is 6.92 Å². The number of alkyl halides is 2. The van der Waals surface area contributed by atoms with Gasteiger partial charge >= 0.3 is 0 Å². The molecule has 6 nitrogen and oxygen atoms in total. The third kappa shape index (κ3) is 5.81. The fraction of sp³-hybridized carbons (Fsp3) is 0.543. The highest BCUT2D eigenvalue weighted by molar-refractivity contribution is 6.03. The van der Waals surface area contributed by atoms with Gasteiger partial charge in [0.25, 0.3) is 5.92 Å². The maximum Gasteiger partial charge on any atom is 0.278 e. The van der Waals surface area contributed by atoms with Crippen LogP contribution in [-0.2, 0) is 5.92 Å². The molecule has 236 valence electrons. The number of benzene rings is 1. The lowest BCUT2D eigenvalue weighted by Gasteiger charge is -2.39. The number of halogens is 3. The molecule has 4 heterocycles. The van der Waals surface area contributed by atoms with Crippen LogP contribution in [0.1, 0.15) is 76.0 Å². The molecule has 4 aliphatic heterocycles. The zero-order valence-corrected chi connectivity index (χ0v) is 26.5. The van der Waals surface area contributed by atoms with Gasteiger partial charge in [-0.1, -0.05) is 37.8 Å². The highest BCUT2D eigenvalue weighted by Crippen LogP contribution is 2.55. The molecule has 0 aromatic heterocycles. The Morgan fingerprint density at radius 3 is 2.43 bits per heavy atom. The summed E-state index contributed by atoms with van der Waals surface area (Å²) in [4.78, 5) is 11.4. The second-order valence-electron chi connectivity index (χ2n) is 12.9. The van der Waals surface area contributed by atoms with Crippen molar-refractivity contribution >= 4 is 5.84 Å². The molecule has 1 aromatic carbocycles. The molecule has 9 heteroatoms. The normalized spacial score (nSPS) is 28.9. The molecular formula is C35H45F3N6. The molecule has 0 radical (unpaired) electrons. The van der Waals surface area contributed by atoms with E-state index in [1.807, 2.05) is 25.1 Å². The molecule has 1 saturated carbocycles. The summed E-state index contributed by atoms with van der Waals surface area (Å²) in [6, 6.07) is 6.25. The highest BCUT2D eigenvalue weighted by atomic mass is 19.3. The second-order valence-corrected chi connectivity index (χ2v) is 12.9. The van der Waals surface area contributed by atoms with Crippen molar-refractivity contribution in [3.8, 4) is 6.07 Å². The van der Waals surface area contributed by atoms with Gasteiger partial charge in [-0.05, 0) is 83.3 Å². The average Bonchev–Trinajstić information content (AvgIpc) is 3.81. The number of rotatable bonds is 2. The maximum absolute atomic E-state index is 16.1. The number of fused-ring (bicyclic) bond motifs is 8. The Balaban J connectivity index is 1.65. The van der Waals surface area contributed by atoms with E-state index in [4.69, 9.17) is 4.99 Å². The summed E-state index contributed by atoms with van der Waals surface area (Å²) < 4.78 is 48.0. The van der Waals surface area contributed by atoms with E-state index in [2.05, 4.69) is 41.3 Å². The molecule has 1 unspecified atom stereocenters. The molecule has 44 heavy (non-hydrogen) atoms. The van der Waals surface area contributed by atoms with Gasteiger partial charge in [-0.3, -0.25) is 4.99 Å². The van der Waals surface area contributed by atoms with Crippen LogP contribution in [0, 0.1) is 28.5 Å². The Kier molecular flexibility index (Phi) is 9.04. The number of nitrogens with one attached hydrogen (secondary N) is 1. The molecule has 2 atom stereocenters. The second kappa shape index (κ2) is 12.5. The van der Waals surface area contributed by atoms with Gasteiger partial charge in [0.1, 0.15) is 17.5 Å². The van der Waals surface area contributed by atoms with Gasteiger partial charge < -0.3 is 20.0 Å². The molecule has 6 rings (SSSR count). The Morgan fingerprint density at radius 2 is 1.80 bits per heavy atom.